The van der Waals surface area contributed by atoms with Gasteiger partial charge in [-0.3, -0.25) is 14.9 Å². The number of nitro benzene ring substituents is 1. The molecule has 2 N–H and O–H groups in total. The highest BCUT2D eigenvalue weighted by Crippen LogP contribution is 2.38. The minimum atomic E-state index is -0.454. The lowest BCUT2D eigenvalue weighted by molar-refractivity contribution is -0.384. The first-order valence-corrected chi connectivity index (χ1v) is 8.31. The van der Waals surface area contributed by atoms with Crippen molar-refractivity contribution in [1.29, 1.82) is 0 Å². The van der Waals surface area contributed by atoms with Crippen molar-refractivity contribution in [1.82, 2.24) is 0 Å². The Labute approximate surface area is 142 Å². The molecular weight excluding hydrogens is 330 g/mol. The van der Waals surface area contributed by atoms with Gasteiger partial charge in [-0.1, -0.05) is 0 Å². The zero-order valence-corrected chi connectivity index (χ0v) is 14.1. The van der Waals surface area contributed by atoms with E-state index in [4.69, 9.17) is 4.74 Å². The summed E-state index contributed by atoms with van der Waals surface area (Å²) < 4.78 is 5.24. The number of anilines is 2. The van der Waals surface area contributed by atoms with E-state index in [1.165, 1.54) is 15.8 Å². The fraction of sp³-hybridized carbons (Fsp3) is 0.312. The average molecular weight is 347 g/mol. The van der Waals surface area contributed by atoms with Gasteiger partial charge in [-0.05, 0) is 32.0 Å². The molecule has 8 heteroatoms. The molecule has 0 aliphatic carbocycles. The molecule has 0 spiro atoms. The number of hydrogen-bond donors (Lipinski definition) is 2. The summed E-state index contributed by atoms with van der Waals surface area (Å²) in [5, 5.41) is 17.2. The zero-order valence-electron chi connectivity index (χ0n) is 13.3. The van der Waals surface area contributed by atoms with Crippen molar-refractivity contribution in [3.05, 3.63) is 44.1 Å². The summed E-state index contributed by atoms with van der Waals surface area (Å²) in [4.78, 5) is 24.8. The number of nitro groups is 1. The number of benzene rings is 1. The summed E-state index contributed by atoms with van der Waals surface area (Å²) in [7, 11) is 0. The van der Waals surface area contributed by atoms with Crippen molar-refractivity contribution in [3.63, 3.8) is 0 Å². The van der Waals surface area contributed by atoms with Crippen molar-refractivity contribution in [3.8, 4) is 5.75 Å². The molecule has 126 valence electrons. The molecule has 1 atom stereocenters. The van der Waals surface area contributed by atoms with Crippen LogP contribution in [0.5, 0.6) is 5.75 Å². The lowest BCUT2D eigenvalue weighted by atomic mass is 10.1. The molecule has 0 saturated carbocycles. The predicted octanol–water partition coefficient (Wildman–Crippen LogP) is 3.34. The van der Waals surface area contributed by atoms with E-state index in [-0.39, 0.29) is 24.2 Å². The number of thiophene rings is 1. The van der Waals surface area contributed by atoms with Crippen LogP contribution in [0.2, 0.25) is 0 Å². The van der Waals surface area contributed by atoms with E-state index in [0.29, 0.717) is 17.1 Å². The highest BCUT2D eigenvalue weighted by molar-refractivity contribution is 7.11. The fourth-order valence-electron chi connectivity index (χ4n) is 2.60. The molecule has 2 aromatic rings. The first-order valence-electron chi connectivity index (χ1n) is 7.49. The maximum atomic E-state index is 11.4. The number of hydrogen-bond acceptors (Lipinski definition) is 6. The number of carbonyl (C=O) groups excluding carboxylic acids is 1. The van der Waals surface area contributed by atoms with E-state index < -0.39 is 4.92 Å². The summed E-state index contributed by atoms with van der Waals surface area (Å²) >= 11 is 1.71. The Morgan fingerprint density at radius 2 is 2.25 bits per heavy atom. The lowest BCUT2D eigenvalue weighted by Gasteiger charge is -2.20. The number of ether oxygens (including phenoxy) is 1. The minimum Gasteiger partial charge on any atom is -0.481 e. The summed E-state index contributed by atoms with van der Waals surface area (Å²) in [6, 6.07) is 7.02. The Balaban J connectivity index is 1.84. The van der Waals surface area contributed by atoms with E-state index in [0.717, 1.165) is 6.42 Å². The van der Waals surface area contributed by atoms with Crippen molar-refractivity contribution >= 4 is 34.3 Å². The molecule has 0 bridgehead atoms. The molecule has 1 amide bonds. The third-order valence-corrected chi connectivity index (χ3v) is 4.66. The molecule has 1 aliphatic heterocycles. The number of aryl methyl sites for hydroxylation is 1. The number of carbonyl (C=O) groups is 1. The molecule has 24 heavy (non-hydrogen) atoms. The topological polar surface area (TPSA) is 93.5 Å². The summed E-state index contributed by atoms with van der Waals surface area (Å²) in [5.41, 5.74) is 0.739. The number of nitrogens with one attached hydrogen (secondary N) is 2. The van der Waals surface area contributed by atoms with Crippen molar-refractivity contribution in [2.45, 2.75) is 26.3 Å². The van der Waals surface area contributed by atoms with Gasteiger partial charge in [0, 0.05) is 22.2 Å². The maximum Gasteiger partial charge on any atom is 0.296 e. The molecule has 0 fully saturated rings. The smallest absolute Gasteiger partial charge is 0.296 e. The number of amides is 1. The largest absolute Gasteiger partial charge is 0.481 e. The quantitative estimate of drug-likeness (QED) is 0.639. The molecule has 1 aromatic carbocycles. The Morgan fingerprint density at radius 3 is 2.92 bits per heavy atom. The van der Waals surface area contributed by atoms with Gasteiger partial charge in [-0.2, -0.15) is 0 Å². The Kier molecular flexibility index (Phi) is 4.39. The van der Waals surface area contributed by atoms with Crippen LogP contribution < -0.4 is 15.4 Å². The van der Waals surface area contributed by atoms with Crippen LogP contribution >= 0.6 is 11.3 Å². The molecule has 0 saturated heterocycles. The molecule has 1 unspecified atom stereocenters. The normalized spacial score (nSPS) is 14.3. The lowest BCUT2D eigenvalue weighted by Crippen LogP contribution is -2.26. The molecule has 1 aromatic heterocycles. The van der Waals surface area contributed by atoms with Gasteiger partial charge in [0.2, 0.25) is 0 Å². The predicted molar refractivity (Wildman–Crippen MR) is 93.1 cm³/mol. The second-order valence-electron chi connectivity index (χ2n) is 5.72. The van der Waals surface area contributed by atoms with Crippen LogP contribution in [-0.2, 0) is 11.2 Å². The summed E-state index contributed by atoms with van der Waals surface area (Å²) in [5.74, 6) is 0.0396. The van der Waals surface area contributed by atoms with Crippen molar-refractivity contribution < 1.29 is 14.5 Å². The van der Waals surface area contributed by atoms with Crippen LogP contribution in [0, 0.1) is 17.0 Å². The highest BCUT2D eigenvalue weighted by Gasteiger charge is 2.24. The van der Waals surface area contributed by atoms with Crippen LogP contribution in [-0.4, -0.2) is 23.5 Å². The average Bonchev–Trinajstić information content (AvgIpc) is 2.91. The Morgan fingerprint density at radius 1 is 1.46 bits per heavy atom. The van der Waals surface area contributed by atoms with Crippen molar-refractivity contribution in [2.24, 2.45) is 0 Å². The fourth-order valence-corrected chi connectivity index (χ4v) is 3.61. The zero-order chi connectivity index (χ0) is 17.3. The van der Waals surface area contributed by atoms with Gasteiger partial charge >= 0.3 is 0 Å². The summed E-state index contributed by atoms with van der Waals surface area (Å²) in [6.07, 6.45) is 0.760. The summed E-state index contributed by atoms with van der Waals surface area (Å²) in [6.45, 7) is 3.88. The molecule has 0 radical (unpaired) electrons. The van der Waals surface area contributed by atoms with E-state index in [9.17, 15) is 14.9 Å². The van der Waals surface area contributed by atoms with Gasteiger partial charge in [-0.25, -0.2) is 0 Å². The van der Waals surface area contributed by atoms with Gasteiger partial charge in [0.25, 0.3) is 11.6 Å². The number of rotatable bonds is 5. The Bertz CT molecular complexity index is 803. The van der Waals surface area contributed by atoms with Crippen molar-refractivity contribution in [2.75, 3.05) is 17.2 Å². The SMILES string of the molecule is Cc1ccc(CC(C)Nc2cc3c(cc2[N+](=O)[O-])OCC(=O)N3)s1. The van der Waals surface area contributed by atoms with Crippen LogP contribution in [0.3, 0.4) is 0 Å². The van der Waals surface area contributed by atoms with Gasteiger partial charge in [-0.15, -0.1) is 11.3 Å². The van der Waals surface area contributed by atoms with Gasteiger partial charge in [0.1, 0.15) is 5.69 Å². The molecule has 1 aliphatic rings. The van der Waals surface area contributed by atoms with E-state index in [2.05, 4.69) is 22.8 Å². The van der Waals surface area contributed by atoms with Crippen LogP contribution in [0.1, 0.15) is 16.7 Å². The molecule has 3 rings (SSSR count). The molecule has 7 nitrogen and oxygen atoms in total. The second kappa shape index (κ2) is 6.48. The molecular formula is C16H17N3O4S. The molecule has 2 heterocycles. The van der Waals surface area contributed by atoms with E-state index in [1.807, 2.05) is 13.8 Å². The first-order chi connectivity index (χ1) is 11.4. The third kappa shape index (κ3) is 3.48. The van der Waals surface area contributed by atoms with Crippen LogP contribution in [0.25, 0.3) is 0 Å². The second-order valence-corrected chi connectivity index (χ2v) is 7.09. The highest BCUT2D eigenvalue weighted by atomic mass is 32.1. The van der Waals surface area contributed by atoms with E-state index >= 15 is 0 Å². The Hall–Kier alpha value is -2.61. The number of nitrogens with zero attached hydrogens (tertiary/aromatic N) is 1. The van der Waals surface area contributed by atoms with Crippen LogP contribution in [0.4, 0.5) is 17.1 Å². The standard InChI is InChI=1S/C16H17N3O4S/c1-9(5-11-4-3-10(2)24-11)17-12-6-13-15(7-14(12)19(21)22)23-8-16(20)18-13/h3-4,6-7,9,17H,5,8H2,1-2H3,(H,18,20). The van der Waals surface area contributed by atoms with Gasteiger partial charge in [0.15, 0.2) is 12.4 Å². The third-order valence-electron chi connectivity index (χ3n) is 3.63. The van der Waals surface area contributed by atoms with E-state index in [1.54, 1.807) is 17.4 Å². The number of fused-ring (bicyclic) bond motifs is 1. The monoisotopic (exact) mass is 347 g/mol. The van der Waals surface area contributed by atoms with Crippen LogP contribution in [0.15, 0.2) is 24.3 Å². The minimum absolute atomic E-state index is 0.00000968. The maximum absolute atomic E-state index is 11.4. The van der Waals surface area contributed by atoms with Gasteiger partial charge in [0.05, 0.1) is 16.7 Å². The van der Waals surface area contributed by atoms with Gasteiger partial charge < -0.3 is 15.4 Å². The first kappa shape index (κ1) is 16.3.